The SMILES string of the molecule is CCCCOC(=O)c1ccccc1OCCCC.[AlH3]. The van der Waals surface area contributed by atoms with Gasteiger partial charge in [-0.1, -0.05) is 38.8 Å². The van der Waals surface area contributed by atoms with E-state index in [9.17, 15) is 4.79 Å². The minimum Gasteiger partial charge on any atom is -0.493 e. The molecule has 0 spiro atoms. The lowest BCUT2D eigenvalue weighted by Gasteiger charge is -2.10. The quantitative estimate of drug-likeness (QED) is 0.417. The number of carbonyl (C=O) groups excluding carboxylic acids is 1. The van der Waals surface area contributed by atoms with Crippen molar-refractivity contribution in [3.05, 3.63) is 29.8 Å². The number of ether oxygens (including phenoxy) is 2. The zero-order chi connectivity index (χ0) is 13.2. The Morgan fingerprint density at radius 1 is 1.05 bits per heavy atom. The average molecular weight is 280 g/mol. The van der Waals surface area contributed by atoms with Crippen molar-refractivity contribution in [2.75, 3.05) is 13.2 Å². The van der Waals surface area contributed by atoms with Crippen LogP contribution in [0.5, 0.6) is 5.75 Å². The number of hydrogen-bond acceptors (Lipinski definition) is 3. The molecule has 0 amide bonds. The van der Waals surface area contributed by atoms with Gasteiger partial charge in [0.2, 0.25) is 0 Å². The van der Waals surface area contributed by atoms with Gasteiger partial charge in [-0.2, -0.15) is 0 Å². The first-order valence-corrected chi connectivity index (χ1v) is 6.68. The molecule has 3 nitrogen and oxygen atoms in total. The van der Waals surface area contributed by atoms with Crippen molar-refractivity contribution in [2.45, 2.75) is 39.5 Å². The monoisotopic (exact) mass is 280 g/mol. The molecule has 0 heterocycles. The first kappa shape index (κ1) is 18.0. The Kier molecular flexibility index (Phi) is 10.3. The zero-order valence-electron chi connectivity index (χ0n) is 11.3. The van der Waals surface area contributed by atoms with E-state index in [4.69, 9.17) is 9.47 Å². The molecule has 0 aliphatic heterocycles. The van der Waals surface area contributed by atoms with Crippen molar-refractivity contribution in [1.29, 1.82) is 0 Å². The van der Waals surface area contributed by atoms with E-state index in [0.29, 0.717) is 24.5 Å². The Hall–Kier alpha value is -0.978. The van der Waals surface area contributed by atoms with Crippen LogP contribution in [0.3, 0.4) is 0 Å². The van der Waals surface area contributed by atoms with Gasteiger partial charge in [-0.3, -0.25) is 0 Å². The molecule has 0 bridgehead atoms. The third-order valence-electron chi connectivity index (χ3n) is 2.59. The zero-order valence-corrected chi connectivity index (χ0v) is 11.3. The third-order valence-corrected chi connectivity index (χ3v) is 2.59. The summed E-state index contributed by atoms with van der Waals surface area (Å²) in [5.41, 5.74) is 0.518. The summed E-state index contributed by atoms with van der Waals surface area (Å²) in [6.45, 7) is 5.28. The molecule has 0 radical (unpaired) electrons. The van der Waals surface area contributed by atoms with Crippen LogP contribution in [0.1, 0.15) is 49.9 Å². The van der Waals surface area contributed by atoms with E-state index in [1.165, 1.54) is 0 Å². The molecular weight excluding hydrogens is 255 g/mol. The molecule has 0 saturated heterocycles. The lowest BCUT2D eigenvalue weighted by molar-refractivity contribution is 0.0495. The van der Waals surface area contributed by atoms with Crippen LogP contribution in [0.15, 0.2) is 24.3 Å². The van der Waals surface area contributed by atoms with E-state index in [0.717, 1.165) is 25.7 Å². The number of unbranched alkanes of at least 4 members (excludes halogenated alkanes) is 2. The van der Waals surface area contributed by atoms with Crippen LogP contribution >= 0.6 is 0 Å². The van der Waals surface area contributed by atoms with Crippen molar-refractivity contribution in [1.82, 2.24) is 0 Å². The predicted octanol–water partition coefficient (Wildman–Crippen LogP) is 2.64. The Labute approximate surface area is 126 Å². The summed E-state index contributed by atoms with van der Waals surface area (Å²) < 4.78 is 10.8. The second-order valence-corrected chi connectivity index (χ2v) is 4.19. The molecule has 106 valence electrons. The molecule has 0 saturated carbocycles. The Morgan fingerprint density at radius 2 is 1.68 bits per heavy atom. The lowest BCUT2D eigenvalue weighted by Crippen LogP contribution is -2.09. The molecule has 0 N–H and O–H groups in total. The highest BCUT2D eigenvalue weighted by Gasteiger charge is 2.12. The minimum absolute atomic E-state index is 0. The number of para-hydroxylation sites is 1. The van der Waals surface area contributed by atoms with E-state index < -0.39 is 0 Å². The van der Waals surface area contributed by atoms with Gasteiger partial charge in [-0.05, 0) is 25.0 Å². The summed E-state index contributed by atoms with van der Waals surface area (Å²) in [5.74, 6) is 0.322. The van der Waals surface area contributed by atoms with E-state index >= 15 is 0 Å². The highest BCUT2D eigenvalue weighted by molar-refractivity contribution is 5.92. The van der Waals surface area contributed by atoms with Gasteiger partial charge in [0.05, 0.1) is 13.2 Å². The molecule has 4 heteroatoms. The maximum absolute atomic E-state index is 11.9. The first-order chi connectivity index (χ1) is 8.79. The fraction of sp³-hybridized carbons (Fsp3) is 0.533. The second-order valence-electron chi connectivity index (χ2n) is 4.19. The van der Waals surface area contributed by atoms with Crippen LogP contribution in [0.25, 0.3) is 0 Å². The van der Waals surface area contributed by atoms with Crippen LogP contribution in [0, 0.1) is 0 Å². The molecule has 19 heavy (non-hydrogen) atoms. The molecule has 1 aromatic carbocycles. The predicted molar refractivity (Wildman–Crippen MR) is 82.0 cm³/mol. The maximum Gasteiger partial charge on any atom is 0.341 e. The molecule has 1 aromatic rings. The highest BCUT2D eigenvalue weighted by atomic mass is 27.0. The van der Waals surface area contributed by atoms with Gasteiger partial charge in [0, 0.05) is 0 Å². The third kappa shape index (κ3) is 6.66. The number of rotatable bonds is 8. The van der Waals surface area contributed by atoms with Crippen LogP contribution in [-0.4, -0.2) is 36.5 Å². The maximum atomic E-state index is 11.9. The molecule has 0 atom stereocenters. The summed E-state index contributed by atoms with van der Waals surface area (Å²) in [4.78, 5) is 11.9. The summed E-state index contributed by atoms with van der Waals surface area (Å²) in [6.07, 6.45) is 3.97. The smallest absolute Gasteiger partial charge is 0.341 e. The van der Waals surface area contributed by atoms with Gasteiger partial charge in [-0.25, -0.2) is 4.79 Å². The van der Waals surface area contributed by atoms with Crippen LogP contribution in [-0.2, 0) is 4.74 Å². The van der Waals surface area contributed by atoms with Gasteiger partial charge in [0.15, 0.2) is 17.4 Å². The van der Waals surface area contributed by atoms with E-state index in [1.807, 2.05) is 18.2 Å². The van der Waals surface area contributed by atoms with Crippen molar-refractivity contribution in [3.63, 3.8) is 0 Å². The molecule has 0 unspecified atom stereocenters. The largest absolute Gasteiger partial charge is 0.493 e. The molecule has 0 fully saturated rings. The summed E-state index contributed by atoms with van der Waals surface area (Å²) >= 11 is 0. The van der Waals surface area contributed by atoms with Crippen LogP contribution in [0.2, 0.25) is 0 Å². The fourth-order valence-corrected chi connectivity index (χ4v) is 1.47. The van der Waals surface area contributed by atoms with E-state index in [-0.39, 0.29) is 23.3 Å². The topological polar surface area (TPSA) is 35.5 Å². The number of hydrogen-bond donors (Lipinski definition) is 0. The molecule has 0 aliphatic rings. The molecular formula is C15H25AlO3. The molecule has 1 rings (SSSR count). The highest BCUT2D eigenvalue weighted by Crippen LogP contribution is 2.19. The van der Waals surface area contributed by atoms with E-state index in [1.54, 1.807) is 6.07 Å². The van der Waals surface area contributed by atoms with Gasteiger partial charge in [0.1, 0.15) is 11.3 Å². The first-order valence-electron chi connectivity index (χ1n) is 6.68. The van der Waals surface area contributed by atoms with E-state index in [2.05, 4.69) is 13.8 Å². The van der Waals surface area contributed by atoms with Crippen molar-refractivity contribution < 1.29 is 14.3 Å². The Bertz CT molecular complexity index is 366. The summed E-state index contributed by atoms with van der Waals surface area (Å²) in [6, 6.07) is 7.24. The lowest BCUT2D eigenvalue weighted by atomic mass is 10.2. The molecule has 0 aliphatic carbocycles. The van der Waals surface area contributed by atoms with Crippen molar-refractivity contribution >= 4 is 23.3 Å². The second kappa shape index (κ2) is 10.9. The molecule has 0 aromatic heterocycles. The van der Waals surface area contributed by atoms with Crippen LogP contribution < -0.4 is 4.74 Å². The van der Waals surface area contributed by atoms with Crippen LogP contribution in [0.4, 0.5) is 0 Å². The van der Waals surface area contributed by atoms with Gasteiger partial charge >= 0.3 is 5.97 Å². The summed E-state index contributed by atoms with van der Waals surface area (Å²) in [5, 5.41) is 0. The fourth-order valence-electron chi connectivity index (χ4n) is 1.47. The van der Waals surface area contributed by atoms with Gasteiger partial charge < -0.3 is 9.47 Å². The van der Waals surface area contributed by atoms with Crippen molar-refractivity contribution in [2.24, 2.45) is 0 Å². The van der Waals surface area contributed by atoms with Crippen molar-refractivity contribution in [3.8, 4) is 5.75 Å². The number of esters is 1. The Morgan fingerprint density at radius 3 is 2.37 bits per heavy atom. The normalized spacial score (nSPS) is 9.58. The number of carbonyl (C=O) groups is 1. The summed E-state index contributed by atoms with van der Waals surface area (Å²) in [7, 11) is 0. The van der Waals surface area contributed by atoms with Gasteiger partial charge in [-0.15, -0.1) is 0 Å². The van der Waals surface area contributed by atoms with Gasteiger partial charge in [0.25, 0.3) is 0 Å². The Balaban J connectivity index is 0.00000324. The standard InChI is InChI=1S/C15H22O3.Al.3H/c1-3-5-11-17-14-10-8-7-9-13(14)15(16)18-12-6-4-2;;;;/h7-10H,3-6,11-12H2,1-2H3;;;;. The number of benzene rings is 1. The minimum atomic E-state index is -0.296. The average Bonchev–Trinajstić information content (AvgIpc) is 2.40.